The Morgan fingerprint density at radius 3 is 1.60 bits per heavy atom. The van der Waals surface area contributed by atoms with Crippen LogP contribution in [0.25, 0.3) is 0 Å². The Bertz CT molecular complexity index is 545. The van der Waals surface area contributed by atoms with E-state index in [1.165, 1.54) is 25.0 Å². The van der Waals surface area contributed by atoms with Crippen LogP contribution in [-0.4, -0.2) is 11.6 Å². The SMILES string of the molecule is CC(=O)C(C)=O.c1ccc2c(c1)Cc1ccccc1O2. The van der Waals surface area contributed by atoms with Crippen molar-refractivity contribution in [1.29, 1.82) is 0 Å². The lowest BCUT2D eigenvalue weighted by atomic mass is 10.0. The molecule has 0 unspecified atom stereocenters. The van der Waals surface area contributed by atoms with Crippen LogP contribution in [0.1, 0.15) is 25.0 Å². The average molecular weight is 268 g/mol. The van der Waals surface area contributed by atoms with Crippen molar-refractivity contribution in [2.24, 2.45) is 0 Å². The van der Waals surface area contributed by atoms with E-state index in [1.807, 2.05) is 24.3 Å². The standard InChI is InChI=1S/C13H10O.C4H6O2/c1-3-7-12-10(5-1)9-11-6-2-4-8-13(11)14-12;1-3(5)4(2)6/h1-8H,9H2;1-2H3. The van der Waals surface area contributed by atoms with Gasteiger partial charge in [0.15, 0.2) is 11.6 Å². The van der Waals surface area contributed by atoms with Crippen LogP contribution >= 0.6 is 0 Å². The Labute approximate surface area is 118 Å². The predicted molar refractivity (Wildman–Crippen MR) is 77.1 cm³/mol. The number of ketones is 2. The maximum absolute atomic E-state index is 9.79. The van der Waals surface area contributed by atoms with Crippen LogP contribution in [0, 0.1) is 0 Å². The van der Waals surface area contributed by atoms with E-state index in [-0.39, 0.29) is 11.6 Å². The average Bonchev–Trinajstić information content (AvgIpc) is 2.45. The highest BCUT2D eigenvalue weighted by atomic mass is 16.5. The van der Waals surface area contributed by atoms with Crippen molar-refractivity contribution in [2.45, 2.75) is 20.3 Å². The molecule has 2 aromatic carbocycles. The van der Waals surface area contributed by atoms with Crippen LogP contribution in [0.3, 0.4) is 0 Å². The van der Waals surface area contributed by atoms with Gasteiger partial charge in [0, 0.05) is 20.3 Å². The minimum absolute atomic E-state index is 0.380. The zero-order chi connectivity index (χ0) is 14.5. The third-order valence-corrected chi connectivity index (χ3v) is 3.04. The maximum Gasteiger partial charge on any atom is 0.195 e. The number of carbonyl (C=O) groups excluding carboxylic acids is 2. The van der Waals surface area contributed by atoms with Crippen LogP contribution in [0.15, 0.2) is 48.5 Å². The molecule has 1 aliphatic heterocycles. The Morgan fingerprint density at radius 2 is 1.20 bits per heavy atom. The smallest absolute Gasteiger partial charge is 0.195 e. The number of hydrogen-bond acceptors (Lipinski definition) is 3. The molecule has 3 heteroatoms. The second-order valence-corrected chi connectivity index (χ2v) is 4.61. The van der Waals surface area contributed by atoms with E-state index < -0.39 is 0 Å². The summed E-state index contributed by atoms with van der Waals surface area (Å²) in [5.41, 5.74) is 2.54. The molecule has 20 heavy (non-hydrogen) atoms. The molecule has 3 nitrogen and oxygen atoms in total. The number of hydrogen-bond donors (Lipinski definition) is 0. The van der Waals surface area contributed by atoms with Crippen molar-refractivity contribution in [1.82, 2.24) is 0 Å². The molecule has 0 aliphatic carbocycles. The normalized spacial score (nSPS) is 11.1. The summed E-state index contributed by atoms with van der Waals surface area (Å²) < 4.78 is 5.78. The molecule has 0 aromatic heterocycles. The van der Waals surface area contributed by atoms with Crippen molar-refractivity contribution in [3.63, 3.8) is 0 Å². The van der Waals surface area contributed by atoms with Gasteiger partial charge in [-0.25, -0.2) is 0 Å². The first-order valence-electron chi connectivity index (χ1n) is 6.43. The molecule has 0 saturated carbocycles. The Balaban J connectivity index is 0.000000212. The molecule has 0 amide bonds. The molecule has 1 aliphatic rings. The van der Waals surface area contributed by atoms with Crippen molar-refractivity contribution < 1.29 is 14.3 Å². The van der Waals surface area contributed by atoms with Gasteiger partial charge in [-0.15, -0.1) is 0 Å². The van der Waals surface area contributed by atoms with Gasteiger partial charge in [-0.05, 0) is 23.3 Å². The molecule has 102 valence electrons. The van der Waals surface area contributed by atoms with Crippen molar-refractivity contribution in [3.8, 4) is 11.5 Å². The highest BCUT2D eigenvalue weighted by Crippen LogP contribution is 2.35. The number of fused-ring (bicyclic) bond motifs is 2. The number of benzene rings is 2. The quantitative estimate of drug-likeness (QED) is 0.634. The maximum atomic E-state index is 9.79. The molecule has 0 bridgehead atoms. The van der Waals surface area contributed by atoms with Crippen LogP contribution < -0.4 is 4.74 Å². The van der Waals surface area contributed by atoms with Gasteiger partial charge in [0.05, 0.1) is 0 Å². The van der Waals surface area contributed by atoms with Gasteiger partial charge >= 0.3 is 0 Å². The molecule has 1 heterocycles. The minimum atomic E-state index is -0.380. The fraction of sp³-hybridized carbons (Fsp3) is 0.176. The van der Waals surface area contributed by atoms with Gasteiger partial charge in [-0.1, -0.05) is 36.4 Å². The molecular formula is C17H16O3. The molecule has 2 aromatic rings. The molecule has 0 N–H and O–H groups in total. The van der Waals surface area contributed by atoms with E-state index in [2.05, 4.69) is 24.3 Å². The van der Waals surface area contributed by atoms with Gasteiger partial charge in [-0.2, -0.15) is 0 Å². The summed E-state index contributed by atoms with van der Waals surface area (Å²) in [6.45, 7) is 2.50. The number of carbonyl (C=O) groups is 2. The number of ether oxygens (including phenoxy) is 1. The van der Waals surface area contributed by atoms with Crippen LogP contribution in [0.2, 0.25) is 0 Å². The van der Waals surface area contributed by atoms with Gasteiger partial charge in [-0.3, -0.25) is 9.59 Å². The topological polar surface area (TPSA) is 43.4 Å². The van der Waals surface area contributed by atoms with E-state index in [9.17, 15) is 9.59 Å². The van der Waals surface area contributed by atoms with E-state index in [0.717, 1.165) is 17.9 Å². The summed E-state index contributed by atoms with van der Waals surface area (Å²) in [4.78, 5) is 19.6. The number of rotatable bonds is 1. The van der Waals surface area contributed by atoms with Crippen molar-refractivity contribution >= 4 is 11.6 Å². The summed E-state index contributed by atoms with van der Waals surface area (Å²) in [5.74, 6) is 1.22. The second kappa shape index (κ2) is 6.15. The van der Waals surface area contributed by atoms with Gasteiger partial charge in [0.1, 0.15) is 11.5 Å². The van der Waals surface area contributed by atoms with Gasteiger partial charge < -0.3 is 4.74 Å². The molecule has 0 spiro atoms. The zero-order valence-electron chi connectivity index (χ0n) is 11.6. The first-order chi connectivity index (χ1) is 9.58. The Kier molecular flexibility index (Phi) is 4.31. The summed E-state index contributed by atoms with van der Waals surface area (Å²) in [5, 5.41) is 0. The van der Waals surface area contributed by atoms with Crippen LogP contribution in [0.4, 0.5) is 0 Å². The first-order valence-corrected chi connectivity index (χ1v) is 6.43. The molecule has 3 rings (SSSR count). The molecule has 0 atom stereocenters. The van der Waals surface area contributed by atoms with E-state index in [0.29, 0.717) is 0 Å². The lowest BCUT2D eigenvalue weighted by Gasteiger charge is -2.19. The lowest BCUT2D eigenvalue weighted by Crippen LogP contribution is -2.01. The molecule has 0 fully saturated rings. The van der Waals surface area contributed by atoms with Crippen molar-refractivity contribution in [3.05, 3.63) is 59.7 Å². The number of para-hydroxylation sites is 2. The summed E-state index contributed by atoms with van der Waals surface area (Å²) in [7, 11) is 0. The third kappa shape index (κ3) is 3.32. The predicted octanol–water partition coefficient (Wildman–Crippen LogP) is 3.55. The van der Waals surface area contributed by atoms with Gasteiger partial charge in [0.25, 0.3) is 0 Å². The monoisotopic (exact) mass is 268 g/mol. The highest BCUT2D eigenvalue weighted by Gasteiger charge is 2.14. The van der Waals surface area contributed by atoms with E-state index >= 15 is 0 Å². The van der Waals surface area contributed by atoms with Crippen LogP contribution in [-0.2, 0) is 16.0 Å². The van der Waals surface area contributed by atoms with E-state index in [1.54, 1.807) is 0 Å². The Morgan fingerprint density at radius 1 is 0.800 bits per heavy atom. The molecular weight excluding hydrogens is 252 g/mol. The van der Waals surface area contributed by atoms with Crippen LogP contribution in [0.5, 0.6) is 11.5 Å². The van der Waals surface area contributed by atoms with E-state index in [4.69, 9.17) is 4.74 Å². The zero-order valence-corrected chi connectivity index (χ0v) is 11.6. The minimum Gasteiger partial charge on any atom is -0.457 e. The highest BCUT2D eigenvalue weighted by molar-refractivity contribution is 6.35. The fourth-order valence-electron chi connectivity index (χ4n) is 1.82. The second-order valence-electron chi connectivity index (χ2n) is 4.61. The summed E-state index contributed by atoms with van der Waals surface area (Å²) in [6.07, 6.45) is 0.979. The first kappa shape index (κ1) is 14.0. The lowest BCUT2D eigenvalue weighted by molar-refractivity contribution is -0.134. The summed E-state index contributed by atoms with van der Waals surface area (Å²) in [6, 6.07) is 16.4. The largest absolute Gasteiger partial charge is 0.457 e. The third-order valence-electron chi connectivity index (χ3n) is 3.04. The number of Topliss-reactive ketones (excluding diaryl/α,β-unsaturated/α-hetero) is 2. The summed E-state index contributed by atoms with van der Waals surface area (Å²) >= 11 is 0. The van der Waals surface area contributed by atoms with Gasteiger partial charge in [0.2, 0.25) is 0 Å². The fourth-order valence-corrected chi connectivity index (χ4v) is 1.82. The Hall–Kier alpha value is -2.42. The molecule has 0 radical (unpaired) electrons. The van der Waals surface area contributed by atoms with Crippen molar-refractivity contribution in [2.75, 3.05) is 0 Å². The molecule has 0 saturated heterocycles.